The summed E-state index contributed by atoms with van der Waals surface area (Å²) in [5, 5.41) is 14.4. The molecule has 6 heteroatoms. The van der Waals surface area contributed by atoms with Gasteiger partial charge in [0.25, 0.3) is 0 Å². The van der Waals surface area contributed by atoms with Crippen LogP contribution in [0.25, 0.3) is 0 Å². The number of ether oxygens (including phenoxy) is 1. The fraction of sp³-hybridized carbons (Fsp3) is 0.467. The lowest BCUT2D eigenvalue weighted by Gasteiger charge is -2.40. The molecule has 0 aliphatic heterocycles. The second kappa shape index (κ2) is 6.47. The minimum Gasteiger partial charge on any atom is -0.497 e. The van der Waals surface area contributed by atoms with Crippen molar-refractivity contribution >= 4 is 17.7 Å². The first kappa shape index (κ1) is 15.2. The summed E-state index contributed by atoms with van der Waals surface area (Å²) < 4.78 is 5.08. The molecule has 2 amide bonds. The van der Waals surface area contributed by atoms with E-state index in [9.17, 15) is 9.59 Å². The molecular formula is C15H20N2O4. The number of amides is 2. The highest BCUT2D eigenvalue weighted by molar-refractivity contribution is 5.89. The summed E-state index contributed by atoms with van der Waals surface area (Å²) in [7, 11) is 1.56. The first-order chi connectivity index (χ1) is 10.0. The molecular weight excluding hydrogens is 272 g/mol. The number of benzene rings is 1. The molecule has 0 spiro atoms. The van der Waals surface area contributed by atoms with Crippen LogP contribution < -0.4 is 15.4 Å². The van der Waals surface area contributed by atoms with Crippen LogP contribution in [0.4, 0.5) is 10.5 Å². The van der Waals surface area contributed by atoms with E-state index in [4.69, 9.17) is 9.84 Å². The predicted molar refractivity (Wildman–Crippen MR) is 78.6 cm³/mol. The molecule has 0 saturated heterocycles. The monoisotopic (exact) mass is 292 g/mol. The molecule has 0 bridgehead atoms. The fourth-order valence-electron chi connectivity index (χ4n) is 2.56. The quantitative estimate of drug-likeness (QED) is 0.751. The smallest absolute Gasteiger partial charge is 0.319 e. The number of aliphatic carboxylic acids is 1. The predicted octanol–water partition coefficient (Wildman–Crippen LogP) is 2.46. The van der Waals surface area contributed by atoms with Crippen molar-refractivity contribution in [3.05, 3.63) is 24.3 Å². The highest BCUT2D eigenvalue weighted by atomic mass is 16.5. The molecule has 0 heterocycles. The normalized spacial score (nSPS) is 15.7. The van der Waals surface area contributed by atoms with E-state index in [0.717, 1.165) is 19.3 Å². The first-order valence-corrected chi connectivity index (χ1v) is 6.94. The van der Waals surface area contributed by atoms with Gasteiger partial charge in [-0.1, -0.05) is 12.5 Å². The van der Waals surface area contributed by atoms with Crippen molar-refractivity contribution in [3.63, 3.8) is 0 Å². The number of hydrogen-bond donors (Lipinski definition) is 3. The highest BCUT2D eigenvalue weighted by Crippen LogP contribution is 2.43. The maximum Gasteiger partial charge on any atom is 0.319 e. The summed E-state index contributed by atoms with van der Waals surface area (Å²) in [5.41, 5.74) is 0.352. The molecule has 1 aromatic rings. The summed E-state index contributed by atoms with van der Waals surface area (Å²) in [6.07, 6.45) is 2.82. The third-order valence-electron chi connectivity index (χ3n) is 3.89. The SMILES string of the molecule is COc1cccc(NC(=O)NCC2(CC(=O)O)CCC2)c1. The number of hydrogen-bond acceptors (Lipinski definition) is 3. The van der Waals surface area contributed by atoms with Gasteiger partial charge >= 0.3 is 12.0 Å². The van der Waals surface area contributed by atoms with Gasteiger partial charge in [-0.25, -0.2) is 4.79 Å². The molecule has 21 heavy (non-hydrogen) atoms. The molecule has 0 aromatic heterocycles. The molecule has 0 unspecified atom stereocenters. The van der Waals surface area contributed by atoms with Gasteiger partial charge in [0, 0.05) is 18.3 Å². The van der Waals surface area contributed by atoms with E-state index < -0.39 is 5.97 Å². The van der Waals surface area contributed by atoms with E-state index in [1.807, 2.05) is 0 Å². The number of urea groups is 1. The van der Waals surface area contributed by atoms with Gasteiger partial charge < -0.3 is 20.5 Å². The average Bonchev–Trinajstić information content (AvgIpc) is 2.41. The van der Waals surface area contributed by atoms with E-state index in [0.29, 0.717) is 18.0 Å². The van der Waals surface area contributed by atoms with Crippen molar-refractivity contribution in [2.45, 2.75) is 25.7 Å². The minimum absolute atomic E-state index is 0.104. The summed E-state index contributed by atoms with van der Waals surface area (Å²) >= 11 is 0. The van der Waals surface area contributed by atoms with Crippen molar-refractivity contribution < 1.29 is 19.4 Å². The summed E-state index contributed by atoms with van der Waals surface area (Å²) in [6.45, 7) is 0.384. The van der Waals surface area contributed by atoms with Gasteiger partial charge in [0.15, 0.2) is 0 Å². The van der Waals surface area contributed by atoms with Crippen LogP contribution in [-0.4, -0.2) is 30.8 Å². The van der Waals surface area contributed by atoms with E-state index in [1.165, 1.54) is 0 Å². The van der Waals surface area contributed by atoms with Crippen LogP contribution in [0.3, 0.4) is 0 Å². The standard InChI is InChI=1S/C15H20N2O4/c1-21-12-5-2-4-11(8-12)17-14(20)16-10-15(6-3-7-15)9-13(18)19/h2,4-5,8H,3,6-7,9-10H2,1H3,(H,18,19)(H2,16,17,20). The zero-order valence-corrected chi connectivity index (χ0v) is 12.0. The second-order valence-corrected chi connectivity index (χ2v) is 5.46. The van der Waals surface area contributed by atoms with Crippen molar-refractivity contribution in [2.75, 3.05) is 19.0 Å². The van der Waals surface area contributed by atoms with Gasteiger partial charge in [0.2, 0.25) is 0 Å². The average molecular weight is 292 g/mol. The van der Waals surface area contributed by atoms with Gasteiger partial charge in [-0.05, 0) is 30.4 Å². The number of anilines is 1. The van der Waals surface area contributed by atoms with E-state index >= 15 is 0 Å². The van der Waals surface area contributed by atoms with Crippen molar-refractivity contribution in [1.29, 1.82) is 0 Å². The van der Waals surface area contributed by atoms with Crippen LogP contribution in [0.15, 0.2) is 24.3 Å². The topological polar surface area (TPSA) is 87.7 Å². The van der Waals surface area contributed by atoms with Crippen LogP contribution >= 0.6 is 0 Å². The molecule has 6 nitrogen and oxygen atoms in total. The molecule has 1 aliphatic rings. The van der Waals surface area contributed by atoms with E-state index in [-0.39, 0.29) is 17.9 Å². The fourth-order valence-corrected chi connectivity index (χ4v) is 2.56. The Morgan fingerprint density at radius 1 is 1.38 bits per heavy atom. The Bertz CT molecular complexity index is 526. The maximum absolute atomic E-state index is 11.9. The zero-order chi connectivity index (χ0) is 15.3. The van der Waals surface area contributed by atoms with Crippen LogP contribution in [0, 0.1) is 5.41 Å². The van der Waals surface area contributed by atoms with Gasteiger partial charge in [-0.2, -0.15) is 0 Å². The van der Waals surface area contributed by atoms with Crippen molar-refractivity contribution in [2.24, 2.45) is 5.41 Å². The van der Waals surface area contributed by atoms with Crippen LogP contribution in [0.2, 0.25) is 0 Å². The third-order valence-corrected chi connectivity index (χ3v) is 3.89. The minimum atomic E-state index is -0.815. The third kappa shape index (κ3) is 4.11. The van der Waals surface area contributed by atoms with Crippen molar-refractivity contribution in [1.82, 2.24) is 5.32 Å². The van der Waals surface area contributed by atoms with Gasteiger partial charge in [0.1, 0.15) is 5.75 Å². The number of carbonyl (C=O) groups excluding carboxylic acids is 1. The Hall–Kier alpha value is -2.24. The molecule has 1 fully saturated rings. The largest absolute Gasteiger partial charge is 0.497 e. The Morgan fingerprint density at radius 3 is 2.71 bits per heavy atom. The van der Waals surface area contributed by atoms with Crippen LogP contribution in [-0.2, 0) is 4.79 Å². The lowest BCUT2D eigenvalue weighted by Crippen LogP contribution is -2.44. The molecule has 114 valence electrons. The van der Waals surface area contributed by atoms with Gasteiger partial charge in [-0.15, -0.1) is 0 Å². The van der Waals surface area contributed by atoms with Crippen LogP contribution in [0.5, 0.6) is 5.75 Å². The molecule has 1 aromatic carbocycles. The molecule has 3 N–H and O–H groups in total. The second-order valence-electron chi connectivity index (χ2n) is 5.46. The first-order valence-electron chi connectivity index (χ1n) is 6.94. The zero-order valence-electron chi connectivity index (χ0n) is 12.0. The number of methoxy groups -OCH3 is 1. The summed E-state index contributed by atoms with van der Waals surface area (Å²) in [6, 6.07) is 6.72. The Labute approximate surface area is 123 Å². The highest BCUT2D eigenvalue weighted by Gasteiger charge is 2.39. The van der Waals surface area contributed by atoms with Gasteiger partial charge in [0.05, 0.1) is 13.5 Å². The molecule has 0 atom stereocenters. The van der Waals surface area contributed by atoms with Crippen LogP contribution in [0.1, 0.15) is 25.7 Å². The Balaban J connectivity index is 1.85. The van der Waals surface area contributed by atoms with E-state index in [1.54, 1.807) is 31.4 Å². The number of carbonyl (C=O) groups is 2. The Kier molecular flexibility index (Phi) is 4.67. The lowest BCUT2D eigenvalue weighted by atomic mass is 9.66. The lowest BCUT2D eigenvalue weighted by molar-refractivity contribution is -0.141. The van der Waals surface area contributed by atoms with Gasteiger partial charge in [-0.3, -0.25) is 4.79 Å². The number of rotatable bonds is 6. The van der Waals surface area contributed by atoms with E-state index in [2.05, 4.69) is 10.6 Å². The molecule has 1 aliphatic carbocycles. The number of carboxylic acid groups (broad SMARTS) is 1. The molecule has 1 saturated carbocycles. The number of carboxylic acids is 1. The molecule has 2 rings (SSSR count). The summed E-state index contributed by atoms with van der Waals surface area (Å²) in [4.78, 5) is 22.7. The molecule has 0 radical (unpaired) electrons. The van der Waals surface area contributed by atoms with Crippen molar-refractivity contribution in [3.8, 4) is 5.75 Å². The Morgan fingerprint density at radius 2 is 2.14 bits per heavy atom. The number of nitrogens with one attached hydrogen (secondary N) is 2. The summed E-state index contributed by atoms with van der Waals surface area (Å²) in [5.74, 6) is -0.154. The maximum atomic E-state index is 11.9.